The van der Waals surface area contributed by atoms with Gasteiger partial charge in [-0.1, -0.05) is 60.7 Å². The van der Waals surface area contributed by atoms with Gasteiger partial charge in [-0.15, -0.1) is 0 Å². The lowest BCUT2D eigenvalue weighted by Crippen LogP contribution is -1.93. The van der Waals surface area contributed by atoms with Crippen molar-refractivity contribution in [1.82, 2.24) is 0 Å². The van der Waals surface area contributed by atoms with E-state index in [1.165, 1.54) is 7.11 Å². The third-order valence-corrected chi connectivity index (χ3v) is 4.41. The van der Waals surface area contributed by atoms with E-state index in [9.17, 15) is 9.90 Å². The van der Waals surface area contributed by atoms with Crippen LogP contribution in [-0.2, 0) is 0 Å². The molecule has 0 radical (unpaired) electrons. The fourth-order valence-corrected chi connectivity index (χ4v) is 2.73. The summed E-state index contributed by atoms with van der Waals surface area (Å²) in [6, 6.07) is 20.0. The van der Waals surface area contributed by atoms with Gasteiger partial charge >= 0.3 is 0 Å². The van der Waals surface area contributed by atoms with Crippen LogP contribution < -0.4 is 9.47 Å². The first-order chi connectivity index (χ1) is 14.1. The van der Waals surface area contributed by atoms with E-state index in [0.717, 1.165) is 22.4 Å². The number of phenols is 1. The van der Waals surface area contributed by atoms with Crippen molar-refractivity contribution in [2.24, 2.45) is 0 Å². The zero-order chi connectivity index (χ0) is 20.6. The van der Waals surface area contributed by atoms with Gasteiger partial charge in [0.1, 0.15) is 5.75 Å². The van der Waals surface area contributed by atoms with Gasteiger partial charge in [0.05, 0.1) is 14.2 Å². The van der Waals surface area contributed by atoms with Gasteiger partial charge in [-0.3, -0.25) is 4.79 Å². The Morgan fingerprint density at radius 3 is 2.00 bits per heavy atom. The quantitative estimate of drug-likeness (QED) is 0.332. The molecule has 0 aliphatic rings. The topological polar surface area (TPSA) is 55.8 Å². The van der Waals surface area contributed by atoms with Crippen LogP contribution >= 0.6 is 0 Å². The summed E-state index contributed by atoms with van der Waals surface area (Å²) in [6.45, 7) is 0. The van der Waals surface area contributed by atoms with Crippen LogP contribution in [-0.4, -0.2) is 25.1 Å². The molecule has 0 aromatic heterocycles. The molecule has 0 bridgehead atoms. The van der Waals surface area contributed by atoms with Crippen LogP contribution in [0.25, 0.3) is 18.2 Å². The molecule has 4 heteroatoms. The van der Waals surface area contributed by atoms with Gasteiger partial charge in [0.25, 0.3) is 0 Å². The first-order valence-corrected chi connectivity index (χ1v) is 9.10. The van der Waals surface area contributed by atoms with Crippen molar-refractivity contribution in [3.63, 3.8) is 0 Å². The highest BCUT2D eigenvalue weighted by molar-refractivity contribution is 6.06. The second-order valence-corrected chi connectivity index (χ2v) is 6.36. The minimum atomic E-state index is -0.0559. The minimum Gasteiger partial charge on any atom is -0.504 e. The number of ether oxygens (including phenoxy) is 2. The van der Waals surface area contributed by atoms with Crippen molar-refractivity contribution in [1.29, 1.82) is 0 Å². The molecule has 0 aliphatic carbocycles. The molecule has 0 unspecified atom stereocenters. The first-order valence-electron chi connectivity index (χ1n) is 9.10. The van der Waals surface area contributed by atoms with Gasteiger partial charge in [0, 0.05) is 5.56 Å². The van der Waals surface area contributed by atoms with Crippen LogP contribution in [0.15, 0.2) is 72.8 Å². The molecule has 0 saturated heterocycles. The summed E-state index contributed by atoms with van der Waals surface area (Å²) in [5, 5.41) is 9.65. The van der Waals surface area contributed by atoms with E-state index in [4.69, 9.17) is 9.47 Å². The van der Waals surface area contributed by atoms with Crippen molar-refractivity contribution >= 4 is 24.0 Å². The summed E-state index contributed by atoms with van der Waals surface area (Å²) in [6.07, 6.45) is 7.21. The predicted octanol–water partition coefficient (Wildman–Crippen LogP) is 5.48. The fraction of sp³-hybridized carbons (Fsp3) is 0.0800. The number of ketones is 1. The van der Waals surface area contributed by atoms with E-state index in [1.807, 2.05) is 48.6 Å². The van der Waals surface area contributed by atoms with E-state index in [-0.39, 0.29) is 11.5 Å². The molecule has 0 saturated carbocycles. The van der Waals surface area contributed by atoms with Crippen molar-refractivity contribution in [3.05, 3.63) is 95.1 Å². The summed E-state index contributed by atoms with van der Waals surface area (Å²) >= 11 is 0. The van der Waals surface area contributed by atoms with E-state index < -0.39 is 0 Å². The fourth-order valence-electron chi connectivity index (χ4n) is 2.73. The van der Waals surface area contributed by atoms with E-state index >= 15 is 0 Å². The molecule has 0 atom stereocenters. The number of hydrogen-bond donors (Lipinski definition) is 1. The Morgan fingerprint density at radius 2 is 1.34 bits per heavy atom. The van der Waals surface area contributed by atoms with Crippen LogP contribution in [0, 0.1) is 0 Å². The highest BCUT2D eigenvalue weighted by Crippen LogP contribution is 2.27. The highest BCUT2D eigenvalue weighted by atomic mass is 16.5. The van der Waals surface area contributed by atoms with Gasteiger partial charge in [0.15, 0.2) is 17.3 Å². The zero-order valence-corrected chi connectivity index (χ0v) is 16.3. The molecule has 1 N–H and O–H groups in total. The molecule has 0 heterocycles. The van der Waals surface area contributed by atoms with Crippen LogP contribution in [0.3, 0.4) is 0 Å². The molecule has 4 nitrogen and oxygen atoms in total. The zero-order valence-electron chi connectivity index (χ0n) is 16.3. The van der Waals surface area contributed by atoms with Crippen LogP contribution in [0.4, 0.5) is 0 Å². The lowest BCUT2D eigenvalue weighted by atomic mass is 10.1. The van der Waals surface area contributed by atoms with Gasteiger partial charge in [-0.25, -0.2) is 0 Å². The van der Waals surface area contributed by atoms with Gasteiger partial charge in [0.2, 0.25) is 0 Å². The standard InChI is InChI=1S/C25H22O4/c1-28-22-13-7-19(8-14-22)9-15-23(26)21-11-5-18(6-12-21)3-4-20-10-16-24(27)25(17-20)29-2/h3-17,27H,1-2H3/b4-3+,15-9+. The van der Waals surface area contributed by atoms with E-state index in [0.29, 0.717) is 11.3 Å². The summed E-state index contributed by atoms with van der Waals surface area (Å²) in [7, 11) is 3.14. The second-order valence-electron chi connectivity index (χ2n) is 6.36. The average molecular weight is 386 g/mol. The lowest BCUT2D eigenvalue weighted by Gasteiger charge is -2.03. The number of phenolic OH excluding ortho intramolecular Hbond substituents is 1. The van der Waals surface area contributed by atoms with Crippen LogP contribution in [0.1, 0.15) is 27.0 Å². The number of carbonyl (C=O) groups excluding carboxylic acids is 1. The summed E-state index contributed by atoms with van der Waals surface area (Å²) in [4.78, 5) is 12.4. The maximum absolute atomic E-state index is 12.4. The smallest absolute Gasteiger partial charge is 0.185 e. The minimum absolute atomic E-state index is 0.0559. The van der Waals surface area contributed by atoms with Crippen molar-refractivity contribution in [2.45, 2.75) is 0 Å². The van der Waals surface area contributed by atoms with E-state index in [2.05, 4.69) is 0 Å². The Balaban J connectivity index is 1.65. The Hall–Kier alpha value is -3.79. The molecule has 0 aliphatic heterocycles. The molecule has 0 spiro atoms. The monoisotopic (exact) mass is 386 g/mol. The number of rotatable bonds is 7. The van der Waals surface area contributed by atoms with Crippen LogP contribution in [0.5, 0.6) is 17.2 Å². The largest absolute Gasteiger partial charge is 0.504 e. The number of hydrogen-bond acceptors (Lipinski definition) is 4. The maximum atomic E-state index is 12.4. The maximum Gasteiger partial charge on any atom is 0.185 e. The molecular formula is C25H22O4. The van der Waals surface area contributed by atoms with Crippen molar-refractivity contribution < 1.29 is 19.4 Å². The number of allylic oxidation sites excluding steroid dienone is 1. The summed E-state index contributed by atoms with van der Waals surface area (Å²) in [5.41, 5.74) is 3.43. The third-order valence-electron chi connectivity index (χ3n) is 4.41. The molecule has 3 aromatic rings. The molecule has 29 heavy (non-hydrogen) atoms. The van der Waals surface area contributed by atoms with Crippen LogP contribution in [0.2, 0.25) is 0 Å². The van der Waals surface area contributed by atoms with Gasteiger partial charge in [-0.2, -0.15) is 0 Å². The average Bonchev–Trinajstić information content (AvgIpc) is 2.77. The second kappa shape index (κ2) is 9.42. The highest BCUT2D eigenvalue weighted by Gasteiger charge is 2.02. The molecule has 3 rings (SSSR count). The summed E-state index contributed by atoms with van der Waals surface area (Å²) < 4.78 is 10.2. The lowest BCUT2D eigenvalue weighted by molar-refractivity contribution is 0.104. The number of aromatic hydroxyl groups is 1. The number of methoxy groups -OCH3 is 2. The molecule has 0 fully saturated rings. The molecule has 0 amide bonds. The Morgan fingerprint density at radius 1 is 0.759 bits per heavy atom. The third kappa shape index (κ3) is 5.36. The Labute approximate surface area is 170 Å². The SMILES string of the molecule is COc1ccc(/C=C/C(=O)c2ccc(/C=C/c3ccc(O)c(OC)c3)cc2)cc1. The Kier molecular flexibility index (Phi) is 6.48. The number of carbonyl (C=O) groups is 1. The Bertz CT molecular complexity index is 1030. The molecule has 146 valence electrons. The van der Waals surface area contributed by atoms with Gasteiger partial charge < -0.3 is 14.6 Å². The van der Waals surface area contributed by atoms with Gasteiger partial charge in [-0.05, 0) is 47.0 Å². The first kappa shape index (κ1) is 20.0. The normalized spacial score (nSPS) is 11.1. The van der Waals surface area contributed by atoms with E-state index in [1.54, 1.807) is 49.6 Å². The summed E-state index contributed by atoms with van der Waals surface area (Å²) in [5.74, 6) is 1.26. The molecular weight excluding hydrogens is 364 g/mol. The molecule has 3 aromatic carbocycles. The van der Waals surface area contributed by atoms with Crippen molar-refractivity contribution in [2.75, 3.05) is 14.2 Å². The predicted molar refractivity (Wildman–Crippen MR) is 116 cm³/mol. The number of benzene rings is 3. The van der Waals surface area contributed by atoms with Crippen molar-refractivity contribution in [3.8, 4) is 17.2 Å².